The highest BCUT2D eigenvalue weighted by atomic mass is 31.2. The average Bonchev–Trinajstić information content (AvgIpc) is 3.35. The van der Waals surface area contributed by atoms with Gasteiger partial charge in [-0.2, -0.15) is 0 Å². The second-order valence-corrected chi connectivity index (χ2v) is 23.8. The van der Waals surface area contributed by atoms with Crippen LogP contribution in [0.4, 0.5) is 0 Å². The molecule has 0 fully saturated rings. The molecule has 0 radical (unpaired) electrons. The van der Waals surface area contributed by atoms with E-state index in [1.54, 1.807) is 0 Å². The number of rotatable bonds is 57. The maximum atomic E-state index is 13.0. The van der Waals surface area contributed by atoms with Crippen molar-refractivity contribution in [3.05, 3.63) is 60.8 Å². The van der Waals surface area contributed by atoms with Gasteiger partial charge in [-0.25, -0.2) is 0 Å². The molecule has 0 bridgehead atoms. The Labute approximate surface area is 453 Å². The van der Waals surface area contributed by atoms with E-state index in [1.165, 1.54) is 173 Å². The number of allylic oxidation sites excluding steroid dienone is 10. The van der Waals surface area contributed by atoms with E-state index < -0.39 is 20.0 Å². The predicted octanol–water partition coefficient (Wildman–Crippen LogP) is 18.6. The summed E-state index contributed by atoms with van der Waals surface area (Å²) in [5, 5.41) is 14.0. The highest BCUT2D eigenvalue weighted by molar-refractivity contribution is 7.45. The lowest BCUT2D eigenvalue weighted by atomic mass is 10.0. The van der Waals surface area contributed by atoms with Crippen LogP contribution < -0.4 is 10.2 Å². The number of carbonyl (C=O) groups is 1. The molecule has 0 heterocycles. The first-order chi connectivity index (χ1) is 35.5. The Morgan fingerprint density at radius 1 is 0.493 bits per heavy atom. The summed E-state index contributed by atoms with van der Waals surface area (Å²) in [6, 6.07) is -0.816. The topological polar surface area (TPSA) is 108 Å². The van der Waals surface area contributed by atoms with Gasteiger partial charge in [0.25, 0.3) is 7.82 Å². The predicted molar refractivity (Wildman–Crippen MR) is 316 cm³/mol. The number of nitrogens with zero attached hydrogens (tertiary/aromatic N) is 1. The fourth-order valence-electron chi connectivity index (χ4n) is 9.19. The summed E-state index contributed by atoms with van der Waals surface area (Å²) < 4.78 is 23.5. The Morgan fingerprint density at radius 3 is 1.22 bits per heavy atom. The van der Waals surface area contributed by atoms with Crippen molar-refractivity contribution in [2.75, 3.05) is 40.9 Å². The number of amides is 1. The lowest BCUT2D eigenvalue weighted by molar-refractivity contribution is -0.870. The van der Waals surface area contributed by atoms with Crippen molar-refractivity contribution in [2.24, 2.45) is 0 Å². The molecule has 428 valence electrons. The largest absolute Gasteiger partial charge is 0.756 e. The number of unbranched alkanes of at least 4 members (excludes halogenated alkanes) is 34. The molecule has 73 heavy (non-hydrogen) atoms. The van der Waals surface area contributed by atoms with E-state index in [0.717, 1.165) is 89.9 Å². The zero-order chi connectivity index (χ0) is 53.5. The molecule has 0 spiro atoms. The minimum absolute atomic E-state index is 0.00580. The molecule has 0 aliphatic carbocycles. The van der Waals surface area contributed by atoms with E-state index in [1.807, 2.05) is 21.1 Å². The molecule has 0 aromatic rings. The van der Waals surface area contributed by atoms with E-state index in [4.69, 9.17) is 9.05 Å². The normalized spacial score (nSPS) is 14.2. The fraction of sp³-hybridized carbons (Fsp3) is 0.828. The highest BCUT2D eigenvalue weighted by Crippen LogP contribution is 2.38. The first-order valence-corrected chi connectivity index (χ1v) is 32.6. The number of likely N-dealkylation sites (N-methyl/N-ethyl adjacent to an activating group) is 1. The summed E-state index contributed by atoms with van der Waals surface area (Å²) in [4.78, 5) is 25.6. The third kappa shape index (κ3) is 57.7. The van der Waals surface area contributed by atoms with Crippen molar-refractivity contribution in [3.63, 3.8) is 0 Å². The number of nitrogens with one attached hydrogen (secondary N) is 1. The Morgan fingerprint density at radius 2 is 0.836 bits per heavy atom. The number of phosphoric acid groups is 1. The summed E-state index contributed by atoms with van der Waals surface area (Å²) in [7, 11) is 1.29. The second kappa shape index (κ2) is 55.0. The minimum Gasteiger partial charge on any atom is -0.756 e. The number of quaternary nitrogens is 1. The SMILES string of the molecule is CC/C=C\C/C=C\C/C=C\C/C=C\C/C=C\CCCCCCCC(=O)NC(COP(=O)([O-])OCC[N+](C)(C)C)C(O)CCCCCCCCCCCCCCCCCCCCCCCCCCCCCCCC. The molecule has 0 aromatic heterocycles. The monoisotopic (exact) mass is 1040 g/mol. The van der Waals surface area contributed by atoms with Gasteiger partial charge in [-0.15, -0.1) is 0 Å². The van der Waals surface area contributed by atoms with Crippen LogP contribution >= 0.6 is 7.82 Å². The van der Waals surface area contributed by atoms with Crippen LogP contribution in [0.3, 0.4) is 0 Å². The standard InChI is InChI=1S/C64H121N2O6P/c1-6-8-10-12-14-16-18-20-22-24-26-28-29-30-31-32-33-34-35-36-38-39-41-43-45-47-49-51-53-55-57-63(67)62(61-72-73(69,70)71-60-59-66(3,4)5)65-64(68)58-56-54-52-50-48-46-44-42-40-37-27-25-23-21-19-17-15-13-11-9-7-2/h9,11,15,17,21,23,27,37,42,44,62-63,67H,6-8,10,12-14,16,18-20,22,24-26,28-36,38-41,43,45-61H2,1-5H3,(H-,65,68,69,70)/b11-9-,17-15-,23-21-,37-27-,44-42-. The van der Waals surface area contributed by atoms with Crippen LogP contribution in [0.25, 0.3) is 0 Å². The molecule has 3 atom stereocenters. The van der Waals surface area contributed by atoms with Gasteiger partial charge >= 0.3 is 0 Å². The Hall–Kier alpha value is -1.80. The van der Waals surface area contributed by atoms with Gasteiger partial charge in [-0.3, -0.25) is 9.36 Å². The smallest absolute Gasteiger partial charge is 0.268 e. The molecule has 0 saturated carbocycles. The van der Waals surface area contributed by atoms with Gasteiger partial charge < -0.3 is 28.8 Å². The summed E-state index contributed by atoms with van der Waals surface area (Å²) in [6.45, 7) is 4.62. The highest BCUT2D eigenvalue weighted by Gasteiger charge is 2.24. The summed E-state index contributed by atoms with van der Waals surface area (Å²) in [5.74, 6) is -0.182. The number of phosphoric ester groups is 1. The van der Waals surface area contributed by atoms with Crippen molar-refractivity contribution < 1.29 is 32.9 Å². The third-order valence-corrected chi connectivity index (χ3v) is 15.0. The fourth-order valence-corrected chi connectivity index (χ4v) is 9.91. The maximum absolute atomic E-state index is 13.0. The summed E-state index contributed by atoms with van der Waals surface area (Å²) >= 11 is 0. The number of aliphatic hydroxyl groups is 1. The van der Waals surface area contributed by atoms with Crippen LogP contribution in [0, 0.1) is 0 Å². The molecule has 2 N–H and O–H groups in total. The zero-order valence-corrected chi connectivity index (χ0v) is 49.7. The van der Waals surface area contributed by atoms with Gasteiger partial charge in [0.1, 0.15) is 13.2 Å². The van der Waals surface area contributed by atoms with E-state index >= 15 is 0 Å². The van der Waals surface area contributed by atoms with Crippen molar-refractivity contribution in [1.29, 1.82) is 0 Å². The Kier molecular flexibility index (Phi) is 53.6. The summed E-state index contributed by atoms with van der Waals surface area (Å²) in [5.41, 5.74) is 0. The quantitative estimate of drug-likeness (QED) is 0.0272. The van der Waals surface area contributed by atoms with Crippen LogP contribution in [0.5, 0.6) is 0 Å². The van der Waals surface area contributed by atoms with Crippen LogP contribution in [-0.4, -0.2) is 68.5 Å². The van der Waals surface area contributed by atoms with Crippen LogP contribution in [0.15, 0.2) is 60.8 Å². The molecular weight excluding hydrogens is 924 g/mol. The maximum Gasteiger partial charge on any atom is 0.268 e. The van der Waals surface area contributed by atoms with E-state index in [0.29, 0.717) is 23.9 Å². The molecule has 0 aromatic carbocycles. The number of carbonyl (C=O) groups excluding carboxylic acids is 1. The molecular formula is C64H121N2O6P. The van der Waals surface area contributed by atoms with Crippen molar-refractivity contribution in [2.45, 2.75) is 302 Å². The van der Waals surface area contributed by atoms with Gasteiger partial charge in [-0.05, 0) is 57.8 Å². The number of hydrogen-bond acceptors (Lipinski definition) is 6. The second-order valence-electron chi connectivity index (χ2n) is 22.4. The molecule has 1 amide bonds. The van der Waals surface area contributed by atoms with Gasteiger partial charge in [0, 0.05) is 6.42 Å². The van der Waals surface area contributed by atoms with Crippen molar-refractivity contribution in [3.8, 4) is 0 Å². The van der Waals surface area contributed by atoms with E-state index in [-0.39, 0.29) is 19.1 Å². The van der Waals surface area contributed by atoms with Gasteiger partial charge in [0.2, 0.25) is 5.91 Å². The zero-order valence-electron chi connectivity index (χ0n) is 48.8. The third-order valence-electron chi connectivity index (χ3n) is 14.0. The van der Waals surface area contributed by atoms with Crippen LogP contribution in [0.1, 0.15) is 290 Å². The molecule has 3 unspecified atom stereocenters. The van der Waals surface area contributed by atoms with Gasteiger partial charge in [0.15, 0.2) is 0 Å². The average molecular weight is 1050 g/mol. The molecule has 9 heteroatoms. The lowest BCUT2D eigenvalue weighted by Gasteiger charge is -2.30. The lowest BCUT2D eigenvalue weighted by Crippen LogP contribution is -2.46. The molecule has 0 saturated heterocycles. The number of aliphatic hydroxyl groups excluding tert-OH is 1. The van der Waals surface area contributed by atoms with E-state index in [2.05, 4.69) is 79.9 Å². The van der Waals surface area contributed by atoms with Crippen LogP contribution in [0.2, 0.25) is 0 Å². The molecule has 0 aliphatic heterocycles. The summed E-state index contributed by atoms with van der Waals surface area (Å²) in [6.07, 6.45) is 74.2. The first kappa shape index (κ1) is 71.2. The Balaban J connectivity index is 4.11. The van der Waals surface area contributed by atoms with Gasteiger partial charge in [0.05, 0.1) is 39.9 Å². The van der Waals surface area contributed by atoms with Crippen molar-refractivity contribution in [1.82, 2.24) is 5.32 Å². The van der Waals surface area contributed by atoms with Gasteiger partial charge in [-0.1, -0.05) is 286 Å². The molecule has 8 nitrogen and oxygen atoms in total. The van der Waals surface area contributed by atoms with Crippen molar-refractivity contribution >= 4 is 13.7 Å². The van der Waals surface area contributed by atoms with Crippen LogP contribution in [-0.2, 0) is 18.4 Å². The Bertz CT molecular complexity index is 1370. The van der Waals surface area contributed by atoms with E-state index in [9.17, 15) is 19.4 Å². The molecule has 0 aliphatic rings. The number of hydrogen-bond donors (Lipinski definition) is 2. The minimum atomic E-state index is -4.59. The molecule has 0 rings (SSSR count). The first-order valence-electron chi connectivity index (χ1n) is 31.1.